The van der Waals surface area contributed by atoms with Crippen molar-refractivity contribution in [3.63, 3.8) is 0 Å². The number of hydrogen-bond donors (Lipinski definition) is 1. The zero-order chi connectivity index (χ0) is 37.7. The second kappa shape index (κ2) is 12.6. The van der Waals surface area contributed by atoms with Crippen molar-refractivity contribution in [1.29, 1.82) is 0 Å². The lowest BCUT2D eigenvalue weighted by atomic mass is 9.91. The number of phenols is 1. The molecule has 4 aliphatic rings. The van der Waals surface area contributed by atoms with Crippen molar-refractivity contribution in [3.05, 3.63) is 47.7 Å². The van der Waals surface area contributed by atoms with Crippen LogP contribution in [0.15, 0.2) is 30.5 Å². The van der Waals surface area contributed by atoms with Crippen LogP contribution in [0, 0.1) is 24.0 Å². The number of ether oxygens (including phenoxy) is 1. The predicted molar refractivity (Wildman–Crippen MR) is 191 cm³/mol. The van der Waals surface area contributed by atoms with Crippen molar-refractivity contribution < 1.29 is 36.2 Å². The van der Waals surface area contributed by atoms with Gasteiger partial charge in [0.25, 0.3) is 0 Å². The first-order valence-corrected chi connectivity index (χ1v) is 18.2. The predicted octanol–water partition coefficient (Wildman–Crippen LogP) is 6.86. The van der Waals surface area contributed by atoms with Gasteiger partial charge in [0.05, 0.1) is 22.9 Å². The monoisotopic (exact) mass is 749 g/mol. The van der Waals surface area contributed by atoms with E-state index in [2.05, 4.69) is 20.9 Å². The summed E-state index contributed by atoms with van der Waals surface area (Å²) in [6.45, 7) is 1.71. The summed E-state index contributed by atoms with van der Waals surface area (Å²) in [6.07, 6.45) is 4.60. The zero-order valence-electron chi connectivity index (χ0n) is 29.4. The van der Waals surface area contributed by atoms with Crippen LogP contribution in [0.25, 0.3) is 43.7 Å². The van der Waals surface area contributed by atoms with Gasteiger partial charge in [-0.15, -0.1) is 6.42 Å². The van der Waals surface area contributed by atoms with E-state index < -0.39 is 35.9 Å². The molecule has 1 N–H and O–H groups in total. The van der Waals surface area contributed by atoms with Gasteiger partial charge >= 0.3 is 12.2 Å². The van der Waals surface area contributed by atoms with Crippen LogP contribution in [0.2, 0.25) is 0 Å². The highest BCUT2D eigenvalue weighted by molar-refractivity contribution is 6.18. The van der Waals surface area contributed by atoms with E-state index in [1.165, 1.54) is 28.9 Å². The Kier molecular flexibility index (Phi) is 8.17. The molecule has 9 nitrogen and oxygen atoms in total. The lowest BCUT2D eigenvalue weighted by Gasteiger charge is -2.42. The molecule has 0 saturated carbocycles. The quantitative estimate of drug-likeness (QED) is 0.143. The number of anilines is 1. The maximum atomic E-state index is 17.6. The highest BCUT2D eigenvalue weighted by Gasteiger charge is 2.50. The third-order valence-electron chi connectivity index (χ3n) is 11.9. The van der Waals surface area contributed by atoms with Gasteiger partial charge in [0.2, 0.25) is 0 Å². The first kappa shape index (κ1) is 34.9. The molecule has 54 heavy (non-hydrogen) atoms. The van der Waals surface area contributed by atoms with Crippen LogP contribution in [0.1, 0.15) is 44.1 Å². The van der Waals surface area contributed by atoms with Crippen molar-refractivity contribution in [2.24, 2.45) is 7.05 Å². The fraction of sp³-hybridized carbons (Fsp3) is 0.462. The van der Waals surface area contributed by atoms with E-state index >= 15 is 8.78 Å². The molecule has 4 fully saturated rings. The molecular formula is C39H37F6N7O2. The van der Waals surface area contributed by atoms with E-state index in [9.17, 15) is 22.7 Å². The highest BCUT2D eigenvalue weighted by atomic mass is 19.4. The normalized spacial score (nSPS) is 24.6. The van der Waals surface area contributed by atoms with Crippen LogP contribution in [-0.4, -0.2) is 104 Å². The Morgan fingerprint density at radius 3 is 2.57 bits per heavy atom. The molecule has 0 spiro atoms. The minimum atomic E-state index is -4.28. The number of hydrogen-bond acceptors (Lipinski definition) is 8. The van der Waals surface area contributed by atoms with Gasteiger partial charge in [0, 0.05) is 74.3 Å². The van der Waals surface area contributed by atoms with Crippen molar-refractivity contribution in [1.82, 2.24) is 29.5 Å². The number of aryl methyl sites for hydroxylation is 1. The number of halogens is 6. The number of aromatic hydroxyl groups is 1. The fourth-order valence-corrected chi connectivity index (χ4v) is 9.65. The molecule has 0 amide bonds. The average Bonchev–Trinajstić information content (AvgIpc) is 3.84. The maximum absolute atomic E-state index is 17.6. The Balaban J connectivity index is 1.24. The Hall–Kier alpha value is -4.81. The van der Waals surface area contributed by atoms with Crippen LogP contribution < -0.4 is 9.64 Å². The molecule has 0 aliphatic carbocycles. The summed E-state index contributed by atoms with van der Waals surface area (Å²) in [6, 6.07) is 4.88. The molecule has 2 aromatic heterocycles. The van der Waals surface area contributed by atoms with E-state index in [4.69, 9.17) is 16.1 Å². The molecule has 282 valence electrons. The Morgan fingerprint density at radius 1 is 1.06 bits per heavy atom. The minimum Gasteiger partial charge on any atom is -0.508 e. The SMILES string of the molecule is C#Cc1c(F)ccc2cc(O)cc(-c3c(F)c4nc(OC[C@@]56CCCN5C[C@H](F)C6)nc(N5C[C@H]6CC[C@@H](C5)N6CCC(F)(F)F)c4c4cn(C)nc34)c12. The molecule has 6 heterocycles. The topological polar surface area (TPSA) is 82.8 Å². The molecule has 0 unspecified atom stereocenters. The smallest absolute Gasteiger partial charge is 0.390 e. The van der Waals surface area contributed by atoms with Gasteiger partial charge in [-0.05, 0) is 61.4 Å². The van der Waals surface area contributed by atoms with E-state index in [1.807, 2.05) is 9.80 Å². The highest BCUT2D eigenvalue weighted by Crippen LogP contribution is 2.46. The maximum Gasteiger partial charge on any atom is 0.390 e. The number of alkyl halides is 4. The first-order valence-electron chi connectivity index (χ1n) is 18.2. The van der Waals surface area contributed by atoms with Crippen LogP contribution in [0.4, 0.5) is 32.2 Å². The number of fused-ring (bicyclic) bond motifs is 7. The van der Waals surface area contributed by atoms with Crippen molar-refractivity contribution in [2.75, 3.05) is 44.2 Å². The number of piperazine rings is 1. The van der Waals surface area contributed by atoms with Gasteiger partial charge in [-0.25, -0.2) is 13.2 Å². The lowest BCUT2D eigenvalue weighted by molar-refractivity contribution is -0.139. The molecule has 2 bridgehead atoms. The summed E-state index contributed by atoms with van der Waals surface area (Å²) in [5.41, 5.74) is -0.546. The fourth-order valence-electron chi connectivity index (χ4n) is 9.65. The van der Waals surface area contributed by atoms with Gasteiger partial charge in [-0.3, -0.25) is 14.5 Å². The van der Waals surface area contributed by atoms with Gasteiger partial charge in [-0.1, -0.05) is 12.0 Å². The Bertz CT molecular complexity index is 2360. The molecule has 0 radical (unpaired) electrons. The van der Waals surface area contributed by atoms with Crippen molar-refractivity contribution in [2.45, 2.75) is 68.5 Å². The minimum absolute atomic E-state index is 0.0645. The third-order valence-corrected chi connectivity index (χ3v) is 11.9. The molecule has 4 atom stereocenters. The summed E-state index contributed by atoms with van der Waals surface area (Å²) >= 11 is 0. The molecule has 5 aromatic rings. The number of aromatic nitrogens is 4. The molecule has 3 aromatic carbocycles. The summed E-state index contributed by atoms with van der Waals surface area (Å²) in [7, 11) is 1.67. The second-order valence-electron chi connectivity index (χ2n) is 15.2. The van der Waals surface area contributed by atoms with Crippen molar-refractivity contribution in [3.8, 4) is 35.2 Å². The molecule has 4 aliphatic heterocycles. The van der Waals surface area contributed by atoms with Crippen LogP contribution in [-0.2, 0) is 7.05 Å². The summed E-state index contributed by atoms with van der Waals surface area (Å²) < 4.78 is 95.1. The summed E-state index contributed by atoms with van der Waals surface area (Å²) in [5.74, 6) is 1.00. The zero-order valence-corrected chi connectivity index (χ0v) is 29.4. The van der Waals surface area contributed by atoms with Gasteiger partial charge < -0.3 is 14.7 Å². The second-order valence-corrected chi connectivity index (χ2v) is 15.2. The Labute approximate surface area is 306 Å². The number of rotatable bonds is 7. The number of nitrogens with zero attached hydrogens (tertiary/aromatic N) is 7. The van der Waals surface area contributed by atoms with Gasteiger partial charge in [0.1, 0.15) is 41.2 Å². The van der Waals surface area contributed by atoms with E-state index in [-0.39, 0.29) is 70.1 Å². The van der Waals surface area contributed by atoms with Gasteiger partial charge in [-0.2, -0.15) is 28.2 Å². The summed E-state index contributed by atoms with van der Waals surface area (Å²) in [5, 5.41) is 16.9. The Morgan fingerprint density at radius 2 is 1.83 bits per heavy atom. The average molecular weight is 750 g/mol. The molecule has 9 rings (SSSR count). The van der Waals surface area contributed by atoms with Crippen molar-refractivity contribution >= 4 is 38.4 Å². The van der Waals surface area contributed by atoms with E-state index in [0.717, 1.165) is 19.4 Å². The van der Waals surface area contributed by atoms with E-state index in [0.29, 0.717) is 60.9 Å². The van der Waals surface area contributed by atoms with Crippen LogP contribution in [0.5, 0.6) is 11.8 Å². The number of benzene rings is 3. The first-order chi connectivity index (χ1) is 25.8. The largest absolute Gasteiger partial charge is 0.508 e. The number of phenolic OH excluding ortho intramolecular Hbond substituents is 1. The van der Waals surface area contributed by atoms with Crippen LogP contribution >= 0.6 is 0 Å². The third kappa shape index (κ3) is 5.68. The van der Waals surface area contributed by atoms with Gasteiger partial charge in [0.15, 0.2) is 5.82 Å². The van der Waals surface area contributed by atoms with Crippen LogP contribution in [0.3, 0.4) is 0 Å². The standard InChI is InChI=1S/C39H37F6N7O2/c1-3-26-29(41)8-5-21-13-25(53)14-27(30(21)26)31-33(42)35-32(28-19-49(2)48-34(28)31)36(50-17-23-6-7-24(18-50)52(23)12-10-39(43,44)45)47-37(46-35)54-20-38-9-4-11-51(38)16-22(40)15-38/h1,5,8,13-14,19,22-24,53H,4,6-7,9-12,15-18,20H2,2H3/t22-,23-,24+,38+/m1/s1. The number of terminal acetylenes is 1. The lowest BCUT2D eigenvalue weighted by Crippen LogP contribution is -2.54. The van der Waals surface area contributed by atoms with E-state index in [1.54, 1.807) is 13.2 Å². The summed E-state index contributed by atoms with van der Waals surface area (Å²) in [4.78, 5) is 15.5. The molecule has 4 saturated heterocycles. The molecule has 15 heteroatoms. The molecular weight excluding hydrogens is 712 g/mol.